The molecule has 0 aliphatic heterocycles. The molecule has 2 aromatic rings. The van der Waals surface area contributed by atoms with Crippen molar-refractivity contribution in [2.45, 2.75) is 33.4 Å². The Morgan fingerprint density at radius 1 is 1.50 bits per heavy atom. The van der Waals surface area contributed by atoms with Crippen LogP contribution < -0.4 is 5.32 Å². The van der Waals surface area contributed by atoms with Crippen molar-refractivity contribution in [2.75, 3.05) is 0 Å². The Balaban J connectivity index is 2.12. The Bertz CT molecular complexity index is 625. The van der Waals surface area contributed by atoms with Gasteiger partial charge in [-0.3, -0.25) is 9.78 Å². The van der Waals surface area contributed by atoms with Gasteiger partial charge in [0, 0.05) is 11.1 Å². The second kappa shape index (κ2) is 6.11. The summed E-state index contributed by atoms with van der Waals surface area (Å²) >= 11 is 1.62. The first-order valence-electron chi connectivity index (χ1n) is 6.32. The van der Waals surface area contributed by atoms with E-state index in [1.807, 2.05) is 20.8 Å². The van der Waals surface area contributed by atoms with Crippen LogP contribution in [0.3, 0.4) is 0 Å². The van der Waals surface area contributed by atoms with E-state index in [1.54, 1.807) is 23.5 Å². The van der Waals surface area contributed by atoms with E-state index in [0.717, 1.165) is 15.6 Å². The molecule has 0 saturated heterocycles. The second-order valence-electron chi connectivity index (χ2n) is 4.58. The number of amides is 1. The third kappa shape index (κ3) is 3.20. The fraction of sp³-hybridized carbons (Fsp3) is 0.357. The number of nitrogens with zero attached hydrogens (tertiary/aromatic N) is 2. The predicted octanol–water partition coefficient (Wildman–Crippen LogP) is 2.14. The predicted molar refractivity (Wildman–Crippen MR) is 77.6 cm³/mol. The molecule has 6 heteroatoms. The van der Waals surface area contributed by atoms with Crippen LogP contribution in [0, 0.1) is 13.8 Å². The summed E-state index contributed by atoms with van der Waals surface area (Å²) in [5.41, 5.74) is 1.85. The van der Waals surface area contributed by atoms with Crippen molar-refractivity contribution in [1.82, 2.24) is 15.3 Å². The van der Waals surface area contributed by atoms with E-state index >= 15 is 0 Å². The zero-order valence-electron chi connectivity index (χ0n) is 11.7. The zero-order valence-corrected chi connectivity index (χ0v) is 12.5. The molecule has 0 fully saturated rings. The molecule has 2 aromatic heterocycles. The number of pyridine rings is 1. The summed E-state index contributed by atoms with van der Waals surface area (Å²) in [5.74, 6) is -0.266. The number of carbonyl (C=O) groups excluding carboxylic acids is 1. The molecule has 0 aliphatic rings. The lowest BCUT2D eigenvalue weighted by molar-refractivity contribution is 0.0934. The van der Waals surface area contributed by atoms with Crippen LogP contribution in [0.1, 0.15) is 44.6 Å². The standard InChI is InChI=1S/C14H17N3O2S/c1-8(13-9(2)20-10(3)17-13)16-14(19)12-6-11(7-18)4-5-15-12/h4-6,8,18H,7H2,1-3H3,(H,16,19)/t8-/m1/s1. The molecule has 0 spiro atoms. The number of aliphatic hydroxyl groups is 1. The van der Waals surface area contributed by atoms with E-state index in [0.29, 0.717) is 11.3 Å². The minimum Gasteiger partial charge on any atom is -0.392 e. The van der Waals surface area contributed by atoms with E-state index < -0.39 is 0 Å². The number of hydrogen-bond donors (Lipinski definition) is 2. The fourth-order valence-corrected chi connectivity index (χ4v) is 2.90. The summed E-state index contributed by atoms with van der Waals surface area (Å²) < 4.78 is 0. The van der Waals surface area contributed by atoms with E-state index in [2.05, 4.69) is 15.3 Å². The van der Waals surface area contributed by atoms with Gasteiger partial charge >= 0.3 is 0 Å². The highest BCUT2D eigenvalue weighted by Crippen LogP contribution is 2.22. The van der Waals surface area contributed by atoms with Gasteiger partial charge in [-0.1, -0.05) is 0 Å². The van der Waals surface area contributed by atoms with Crippen molar-refractivity contribution < 1.29 is 9.90 Å². The van der Waals surface area contributed by atoms with Gasteiger partial charge < -0.3 is 10.4 Å². The molecule has 1 amide bonds. The molecular weight excluding hydrogens is 274 g/mol. The smallest absolute Gasteiger partial charge is 0.270 e. The van der Waals surface area contributed by atoms with Gasteiger partial charge in [0.2, 0.25) is 0 Å². The van der Waals surface area contributed by atoms with Gasteiger partial charge in [0.1, 0.15) is 5.69 Å². The van der Waals surface area contributed by atoms with Crippen molar-refractivity contribution in [3.63, 3.8) is 0 Å². The average Bonchev–Trinajstić information content (AvgIpc) is 2.77. The third-order valence-electron chi connectivity index (χ3n) is 2.94. The van der Waals surface area contributed by atoms with Crippen LogP contribution in [0.15, 0.2) is 18.3 Å². The monoisotopic (exact) mass is 291 g/mol. The quantitative estimate of drug-likeness (QED) is 0.905. The van der Waals surface area contributed by atoms with E-state index in [1.165, 1.54) is 6.20 Å². The third-order valence-corrected chi connectivity index (χ3v) is 3.84. The van der Waals surface area contributed by atoms with Crippen molar-refractivity contribution in [2.24, 2.45) is 0 Å². The summed E-state index contributed by atoms with van der Waals surface area (Å²) in [6, 6.07) is 3.09. The highest BCUT2D eigenvalue weighted by Gasteiger charge is 2.17. The Labute approximate surface area is 121 Å². The van der Waals surface area contributed by atoms with Crippen molar-refractivity contribution in [3.8, 4) is 0 Å². The number of carbonyl (C=O) groups is 1. The lowest BCUT2D eigenvalue weighted by Gasteiger charge is -2.12. The molecule has 0 bridgehead atoms. The maximum Gasteiger partial charge on any atom is 0.270 e. The van der Waals surface area contributed by atoms with Crippen LogP contribution in [0.4, 0.5) is 0 Å². The van der Waals surface area contributed by atoms with Crippen molar-refractivity contribution in [3.05, 3.63) is 45.2 Å². The van der Waals surface area contributed by atoms with Gasteiger partial charge in [-0.25, -0.2) is 4.98 Å². The number of aliphatic hydroxyl groups excluding tert-OH is 1. The first-order chi connectivity index (χ1) is 9.51. The first-order valence-corrected chi connectivity index (χ1v) is 7.13. The summed E-state index contributed by atoms with van der Waals surface area (Å²) in [4.78, 5) is 21.7. The SMILES string of the molecule is Cc1nc([C@@H](C)NC(=O)c2cc(CO)ccn2)c(C)s1. The van der Waals surface area contributed by atoms with Gasteiger partial charge in [0.25, 0.3) is 5.91 Å². The van der Waals surface area contributed by atoms with Crippen LogP contribution in [-0.2, 0) is 6.61 Å². The lowest BCUT2D eigenvalue weighted by Crippen LogP contribution is -2.28. The Morgan fingerprint density at radius 2 is 2.25 bits per heavy atom. The van der Waals surface area contributed by atoms with Gasteiger partial charge in [-0.05, 0) is 38.5 Å². The molecule has 0 radical (unpaired) electrons. The maximum atomic E-state index is 12.1. The number of nitrogens with one attached hydrogen (secondary N) is 1. The summed E-state index contributed by atoms with van der Waals surface area (Å²) in [5, 5.41) is 12.9. The van der Waals surface area contributed by atoms with Gasteiger partial charge in [0.15, 0.2) is 0 Å². The van der Waals surface area contributed by atoms with Gasteiger partial charge in [-0.2, -0.15) is 0 Å². The van der Waals surface area contributed by atoms with Crippen molar-refractivity contribution >= 4 is 17.2 Å². The molecule has 2 rings (SSSR count). The Kier molecular flexibility index (Phi) is 4.46. The zero-order chi connectivity index (χ0) is 14.7. The van der Waals surface area contributed by atoms with Gasteiger partial charge in [-0.15, -0.1) is 11.3 Å². The largest absolute Gasteiger partial charge is 0.392 e. The molecule has 2 N–H and O–H groups in total. The van der Waals surface area contributed by atoms with E-state index in [4.69, 9.17) is 5.11 Å². The first kappa shape index (κ1) is 14.6. The van der Waals surface area contributed by atoms with E-state index in [9.17, 15) is 4.79 Å². The van der Waals surface area contributed by atoms with Crippen LogP contribution >= 0.6 is 11.3 Å². The van der Waals surface area contributed by atoms with Crippen LogP contribution in [0.5, 0.6) is 0 Å². The number of aryl methyl sites for hydroxylation is 2. The average molecular weight is 291 g/mol. The van der Waals surface area contributed by atoms with Crippen LogP contribution in [-0.4, -0.2) is 21.0 Å². The van der Waals surface area contributed by atoms with Crippen LogP contribution in [0.25, 0.3) is 0 Å². The summed E-state index contributed by atoms with van der Waals surface area (Å²) in [6.07, 6.45) is 1.52. The molecule has 20 heavy (non-hydrogen) atoms. The molecule has 2 heterocycles. The maximum absolute atomic E-state index is 12.1. The summed E-state index contributed by atoms with van der Waals surface area (Å²) in [7, 11) is 0. The fourth-order valence-electron chi connectivity index (χ4n) is 1.98. The molecule has 0 unspecified atom stereocenters. The minimum atomic E-state index is -0.266. The molecule has 5 nitrogen and oxygen atoms in total. The van der Waals surface area contributed by atoms with Gasteiger partial charge in [0.05, 0.1) is 23.4 Å². The highest BCUT2D eigenvalue weighted by molar-refractivity contribution is 7.11. The normalized spacial score (nSPS) is 12.2. The number of thiazole rings is 1. The van der Waals surface area contributed by atoms with Crippen LogP contribution in [0.2, 0.25) is 0 Å². The topological polar surface area (TPSA) is 75.1 Å². The Morgan fingerprint density at radius 3 is 2.85 bits per heavy atom. The number of hydrogen-bond acceptors (Lipinski definition) is 5. The second-order valence-corrected chi connectivity index (χ2v) is 5.98. The molecular formula is C14H17N3O2S. The molecule has 0 saturated carbocycles. The van der Waals surface area contributed by atoms with E-state index in [-0.39, 0.29) is 18.6 Å². The molecule has 0 aromatic carbocycles. The molecule has 0 aliphatic carbocycles. The highest BCUT2D eigenvalue weighted by atomic mass is 32.1. The minimum absolute atomic E-state index is 0.108. The molecule has 1 atom stereocenters. The number of rotatable bonds is 4. The lowest BCUT2D eigenvalue weighted by atomic mass is 10.2. The summed E-state index contributed by atoms with van der Waals surface area (Å²) in [6.45, 7) is 5.73. The molecule has 106 valence electrons. The van der Waals surface area contributed by atoms with Crippen molar-refractivity contribution in [1.29, 1.82) is 0 Å². The number of aromatic nitrogens is 2. The Hall–Kier alpha value is -1.79.